The molecule has 0 saturated carbocycles. The number of carbonyl (C=O) groups is 3. The number of hydrogen-bond acceptors (Lipinski definition) is 8. The maximum absolute atomic E-state index is 12.8. The first-order valence-corrected chi connectivity index (χ1v) is 12.2. The molecule has 40 heavy (non-hydrogen) atoms. The Morgan fingerprint density at radius 2 is 1.38 bits per heavy atom. The SMILES string of the molecule is COc1cc(/C=C/C(=O)C=C(O)/C=C/c2ccc(OC(=O)c3ccc(C)cc3OC(C)=O)c(OC)c2)ccc1C. The van der Waals surface area contributed by atoms with Gasteiger partial charge in [-0.3, -0.25) is 9.59 Å². The van der Waals surface area contributed by atoms with Gasteiger partial charge in [0.2, 0.25) is 0 Å². The van der Waals surface area contributed by atoms with E-state index < -0.39 is 17.7 Å². The van der Waals surface area contributed by atoms with Gasteiger partial charge in [0.05, 0.1) is 14.2 Å². The Labute approximate surface area is 232 Å². The molecule has 206 valence electrons. The van der Waals surface area contributed by atoms with Gasteiger partial charge in [0, 0.05) is 13.0 Å². The molecule has 0 amide bonds. The summed E-state index contributed by atoms with van der Waals surface area (Å²) < 4.78 is 21.3. The number of ether oxygens (including phenoxy) is 4. The Balaban J connectivity index is 1.70. The molecular formula is C32H30O8. The summed E-state index contributed by atoms with van der Waals surface area (Å²) in [5.41, 5.74) is 3.28. The van der Waals surface area contributed by atoms with Crippen molar-refractivity contribution in [2.75, 3.05) is 14.2 Å². The number of aliphatic hydroxyl groups is 1. The van der Waals surface area contributed by atoms with E-state index in [0.29, 0.717) is 11.3 Å². The average Bonchev–Trinajstić information content (AvgIpc) is 2.91. The highest BCUT2D eigenvalue weighted by atomic mass is 16.6. The zero-order valence-corrected chi connectivity index (χ0v) is 22.9. The second kappa shape index (κ2) is 13.6. The van der Waals surface area contributed by atoms with Crippen LogP contribution in [0.2, 0.25) is 0 Å². The van der Waals surface area contributed by atoms with E-state index in [1.54, 1.807) is 50.5 Å². The standard InChI is InChI=1S/C32H30O8/c1-20-6-14-27(30(16-20)39-22(3)33)32(36)40-28-15-11-24(18-31(28)38-5)10-13-26(35)19-25(34)12-9-23-8-7-21(2)29(17-23)37-4/h6-19,35H,1-5H3/b12-9+,13-10+,26-19?. The van der Waals surface area contributed by atoms with E-state index in [1.807, 2.05) is 25.1 Å². The lowest BCUT2D eigenvalue weighted by atomic mass is 10.1. The smallest absolute Gasteiger partial charge is 0.347 e. The first-order chi connectivity index (χ1) is 19.1. The minimum absolute atomic E-state index is 0.0853. The van der Waals surface area contributed by atoms with Gasteiger partial charge < -0.3 is 24.1 Å². The highest BCUT2D eigenvalue weighted by Gasteiger charge is 2.18. The van der Waals surface area contributed by atoms with E-state index in [4.69, 9.17) is 18.9 Å². The molecule has 0 radical (unpaired) electrons. The fraction of sp³-hybridized carbons (Fsp3) is 0.156. The number of aliphatic hydroxyl groups excluding tert-OH is 1. The molecule has 3 rings (SSSR count). The molecule has 0 atom stereocenters. The summed E-state index contributed by atoms with van der Waals surface area (Å²) in [6, 6.07) is 15.1. The number of methoxy groups -OCH3 is 2. The van der Waals surface area contributed by atoms with Crippen LogP contribution in [-0.2, 0) is 9.59 Å². The molecule has 0 fully saturated rings. The third kappa shape index (κ3) is 8.19. The molecule has 0 aliphatic heterocycles. The van der Waals surface area contributed by atoms with Crippen molar-refractivity contribution in [3.8, 4) is 23.0 Å². The van der Waals surface area contributed by atoms with Gasteiger partial charge in [-0.05, 0) is 78.6 Å². The van der Waals surface area contributed by atoms with Crippen molar-refractivity contribution >= 4 is 29.9 Å². The lowest BCUT2D eigenvalue weighted by Crippen LogP contribution is -2.13. The van der Waals surface area contributed by atoms with E-state index in [2.05, 4.69) is 0 Å². The Morgan fingerprint density at radius 1 is 0.725 bits per heavy atom. The van der Waals surface area contributed by atoms with Crippen LogP contribution in [0.3, 0.4) is 0 Å². The van der Waals surface area contributed by atoms with Crippen molar-refractivity contribution in [1.29, 1.82) is 0 Å². The molecule has 3 aromatic carbocycles. The normalized spacial score (nSPS) is 11.5. The van der Waals surface area contributed by atoms with Crippen LogP contribution in [0, 0.1) is 13.8 Å². The number of ketones is 1. The van der Waals surface area contributed by atoms with Gasteiger partial charge in [-0.1, -0.05) is 36.4 Å². The van der Waals surface area contributed by atoms with Gasteiger partial charge in [0.1, 0.15) is 22.8 Å². The molecular weight excluding hydrogens is 512 g/mol. The van der Waals surface area contributed by atoms with Crippen molar-refractivity contribution in [2.45, 2.75) is 20.8 Å². The Bertz CT molecular complexity index is 1510. The van der Waals surface area contributed by atoms with Crippen LogP contribution in [0.5, 0.6) is 23.0 Å². The third-order valence-corrected chi connectivity index (χ3v) is 5.61. The van der Waals surface area contributed by atoms with Crippen LogP contribution in [0.4, 0.5) is 0 Å². The van der Waals surface area contributed by atoms with Gasteiger partial charge in [-0.15, -0.1) is 0 Å². The summed E-state index contributed by atoms with van der Waals surface area (Å²) in [6.07, 6.45) is 7.00. The molecule has 0 aliphatic rings. The van der Waals surface area contributed by atoms with Crippen molar-refractivity contribution < 1.29 is 38.4 Å². The van der Waals surface area contributed by atoms with Crippen molar-refractivity contribution in [3.63, 3.8) is 0 Å². The Kier molecular flexibility index (Phi) is 10.0. The summed E-state index contributed by atoms with van der Waals surface area (Å²) in [5, 5.41) is 10.2. The molecule has 0 spiro atoms. The fourth-order valence-corrected chi connectivity index (χ4v) is 3.61. The van der Waals surface area contributed by atoms with Gasteiger partial charge in [-0.25, -0.2) is 4.79 Å². The van der Waals surface area contributed by atoms with Crippen LogP contribution >= 0.6 is 0 Å². The van der Waals surface area contributed by atoms with Gasteiger partial charge >= 0.3 is 11.9 Å². The number of hydrogen-bond donors (Lipinski definition) is 1. The van der Waals surface area contributed by atoms with Gasteiger partial charge in [0.25, 0.3) is 0 Å². The van der Waals surface area contributed by atoms with E-state index in [9.17, 15) is 19.5 Å². The van der Waals surface area contributed by atoms with E-state index in [-0.39, 0.29) is 28.6 Å². The Hall–Kier alpha value is -5.11. The molecule has 0 aliphatic carbocycles. The molecule has 8 nitrogen and oxygen atoms in total. The molecule has 0 bridgehead atoms. The lowest BCUT2D eigenvalue weighted by molar-refractivity contribution is -0.131. The summed E-state index contributed by atoms with van der Waals surface area (Å²) in [7, 11) is 3.00. The number of esters is 2. The quantitative estimate of drug-likeness (QED) is 0.106. The topological polar surface area (TPSA) is 108 Å². The van der Waals surface area contributed by atoms with Crippen LogP contribution in [0.15, 0.2) is 78.6 Å². The number of aryl methyl sites for hydroxylation is 2. The first kappa shape index (κ1) is 29.4. The minimum Gasteiger partial charge on any atom is -0.508 e. The van der Waals surface area contributed by atoms with Crippen LogP contribution in [-0.4, -0.2) is 37.0 Å². The number of allylic oxidation sites excluding steroid dienone is 3. The maximum atomic E-state index is 12.8. The second-order valence-corrected chi connectivity index (χ2v) is 8.76. The highest BCUT2D eigenvalue weighted by Crippen LogP contribution is 2.31. The average molecular weight is 543 g/mol. The van der Waals surface area contributed by atoms with E-state index in [0.717, 1.165) is 22.8 Å². The third-order valence-electron chi connectivity index (χ3n) is 5.61. The molecule has 3 aromatic rings. The zero-order chi connectivity index (χ0) is 29.2. The Morgan fingerprint density at radius 3 is 2.05 bits per heavy atom. The number of carbonyl (C=O) groups excluding carboxylic acids is 3. The monoisotopic (exact) mass is 542 g/mol. The van der Waals surface area contributed by atoms with Gasteiger partial charge in [-0.2, -0.15) is 0 Å². The highest BCUT2D eigenvalue weighted by molar-refractivity contribution is 6.02. The van der Waals surface area contributed by atoms with Gasteiger partial charge in [0.15, 0.2) is 17.3 Å². The minimum atomic E-state index is -0.728. The lowest BCUT2D eigenvalue weighted by Gasteiger charge is -2.12. The summed E-state index contributed by atoms with van der Waals surface area (Å²) in [6.45, 7) is 4.98. The van der Waals surface area contributed by atoms with Crippen LogP contribution in [0.25, 0.3) is 12.2 Å². The number of benzene rings is 3. The second-order valence-electron chi connectivity index (χ2n) is 8.76. The first-order valence-electron chi connectivity index (χ1n) is 12.2. The molecule has 0 aromatic heterocycles. The largest absolute Gasteiger partial charge is 0.508 e. The number of rotatable bonds is 10. The molecule has 0 heterocycles. The molecule has 0 saturated heterocycles. The van der Waals surface area contributed by atoms with E-state index in [1.165, 1.54) is 38.3 Å². The summed E-state index contributed by atoms with van der Waals surface area (Å²) in [5.74, 6) is -0.715. The summed E-state index contributed by atoms with van der Waals surface area (Å²) >= 11 is 0. The van der Waals surface area contributed by atoms with Crippen LogP contribution in [0.1, 0.15) is 39.5 Å². The molecule has 0 unspecified atom stereocenters. The van der Waals surface area contributed by atoms with E-state index >= 15 is 0 Å². The van der Waals surface area contributed by atoms with Crippen LogP contribution < -0.4 is 18.9 Å². The maximum Gasteiger partial charge on any atom is 0.347 e. The van der Waals surface area contributed by atoms with Crippen molar-refractivity contribution in [2.24, 2.45) is 0 Å². The molecule has 1 N–H and O–H groups in total. The van der Waals surface area contributed by atoms with Crippen molar-refractivity contribution in [3.05, 3.63) is 106 Å². The summed E-state index contributed by atoms with van der Waals surface area (Å²) in [4.78, 5) is 36.5. The fourth-order valence-electron chi connectivity index (χ4n) is 3.61. The van der Waals surface area contributed by atoms with Crippen molar-refractivity contribution in [1.82, 2.24) is 0 Å². The molecule has 8 heteroatoms. The zero-order valence-electron chi connectivity index (χ0n) is 22.9. The predicted molar refractivity (Wildman–Crippen MR) is 152 cm³/mol. The predicted octanol–water partition coefficient (Wildman–Crippen LogP) is 6.20.